The van der Waals surface area contributed by atoms with Gasteiger partial charge in [-0.15, -0.1) is 10.2 Å². The summed E-state index contributed by atoms with van der Waals surface area (Å²) in [5.41, 5.74) is 0.838. The van der Waals surface area contributed by atoms with Crippen LogP contribution in [0, 0.1) is 0 Å². The molecule has 0 atom stereocenters. The SMILES string of the molecule is COc1ccc(-c2nnn(CCCC(=O)O)n2)cc1. The minimum atomic E-state index is -0.824. The third kappa shape index (κ3) is 3.51. The Morgan fingerprint density at radius 2 is 2.11 bits per heavy atom. The van der Waals surface area contributed by atoms with Crippen LogP contribution in [0.1, 0.15) is 12.8 Å². The summed E-state index contributed by atoms with van der Waals surface area (Å²) in [6, 6.07) is 7.33. The van der Waals surface area contributed by atoms with Gasteiger partial charge in [0.1, 0.15) is 5.75 Å². The number of aromatic nitrogens is 4. The first-order valence-electron chi connectivity index (χ1n) is 5.83. The number of carbonyl (C=O) groups is 1. The molecular weight excluding hydrogens is 248 g/mol. The molecule has 0 aliphatic carbocycles. The summed E-state index contributed by atoms with van der Waals surface area (Å²) in [5, 5.41) is 20.6. The fraction of sp³-hybridized carbons (Fsp3) is 0.333. The van der Waals surface area contributed by atoms with Gasteiger partial charge in [0.25, 0.3) is 0 Å². The molecule has 0 spiro atoms. The summed E-state index contributed by atoms with van der Waals surface area (Å²) in [6.07, 6.45) is 0.577. The summed E-state index contributed by atoms with van der Waals surface area (Å²) in [6.45, 7) is 0.440. The van der Waals surface area contributed by atoms with E-state index in [9.17, 15) is 4.79 Å². The molecule has 7 nitrogen and oxygen atoms in total. The molecular formula is C12H14N4O3. The van der Waals surface area contributed by atoms with Crippen molar-refractivity contribution in [1.29, 1.82) is 0 Å². The van der Waals surface area contributed by atoms with Gasteiger partial charge in [-0.25, -0.2) is 0 Å². The molecule has 0 fully saturated rings. The molecule has 0 unspecified atom stereocenters. The summed E-state index contributed by atoms with van der Waals surface area (Å²) >= 11 is 0. The van der Waals surface area contributed by atoms with Crippen molar-refractivity contribution in [2.75, 3.05) is 7.11 Å². The number of carboxylic acids is 1. The topological polar surface area (TPSA) is 90.1 Å². The summed E-state index contributed by atoms with van der Waals surface area (Å²) in [5.74, 6) is 0.450. The van der Waals surface area contributed by atoms with Crippen LogP contribution < -0.4 is 4.74 Å². The standard InChI is InChI=1S/C12H14N4O3/c1-19-10-6-4-9(5-7-10)12-13-15-16(14-12)8-2-3-11(17)18/h4-7H,2-3,8H2,1H3,(H,17,18). The molecule has 0 aliphatic heterocycles. The van der Waals surface area contributed by atoms with Crippen LogP contribution in [-0.2, 0) is 11.3 Å². The van der Waals surface area contributed by atoms with Gasteiger partial charge < -0.3 is 9.84 Å². The van der Waals surface area contributed by atoms with Gasteiger partial charge in [-0.05, 0) is 35.9 Å². The molecule has 0 saturated heterocycles. The number of hydrogen-bond acceptors (Lipinski definition) is 5. The Balaban J connectivity index is 2.01. The monoisotopic (exact) mass is 262 g/mol. The van der Waals surface area contributed by atoms with E-state index < -0.39 is 5.97 Å². The van der Waals surface area contributed by atoms with Crippen LogP contribution in [0.4, 0.5) is 0 Å². The zero-order chi connectivity index (χ0) is 13.7. The van der Waals surface area contributed by atoms with E-state index in [0.717, 1.165) is 11.3 Å². The highest BCUT2D eigenvalue weighted by Crippen LogP contribution is 2.18. The van der Waals surface area contributed by atoms with Crippen LogP contribution in [0.3, 0.4) is 0 Å². The molecule has 7 heteroatoms. The van der Waals surface area contributed by atoms with Crippen molar-refractivity contribution in [2.24, 2.45) is 0 Å². The predicted octanol–water partition coefficient (Wildman–Crippen LogP) is 1.21. The molecule has 0 bridgehead atoms. The van der Waals surface area contributed by atoms with Crippen molar-refractivity contribution < 1.29 is 14.6 Å². The number of aryl methyl sites for hydroxylation is 1. The minimum Gasteiger partial charge on any atom is -0.497 e. The Kier molecular flexibility index (Phi) is 4.07. The lowest BCUT2D eigenvalue weighted by molar-refractivity contribution is -0.137. The molecule has 1 heterocycles. The Hall–Kier alpha value is -2.44. The predicted molar refractivity (Wildman–Crippen MR) is 66.7 cm³/mol. The van der Waals surface area contributed by atoms with Crippen molar-refractivity contribution in [3.8, 4) is 17.1 Å². The fourth-order valence-corrected chi connectivity index (χ4v) is 1.57. The van der Waals surface area contributed by atoms with Crippen molar-refractivity contribution in [3.63, 3.8) is 0 Å². The number of hydrogen-bond donors (Lipinski definition) is 1. The lowest BCUT2D eigenvalue weighted by atomic mass is 10.2. The molecule has 1 aromatic carbocycles. The number of rotatable bonds is 6. The first kappa shape index (κ1) is 13.0. The number of nitrogens with zero attached hydrogens (tertiary/aromatic N) is 4. The van der Waals surface area contributed by atoms with Crippen LogP contribution in [0.25, 0.3) is 11.4 Å². The quantitative estimate of drug-likeness (QED) is 0.841. The van der Waals surface area contributed by atoms with E-state index in [1.165, 1.54) is 4.80 Å². The van der Waals surface area contributed by atoms with E-state index in [-0.39, 0.29) is 6.42 Å². The normalized spacial score (nSPS) is 10.4. The lowest BCUT2D eigenvalue weighted by Gasteiger charge is -1.99. The highest BCUT2D eigenvalue weighted by atomic mass is 16.5. The maximum Gasteiger partial charge on any atom is 0.303 e. The average Bonchev–Trinajstić information content (AvgIpc) is 2.87. The van der Waals surface area contributed by atoms with E-state index in [1.54, 1.807) is 7.11 Å². The van der Waals surface area contributed by atoms with Gasteiger partial charge in [0.2, 0.25) is 5.82 Å². The van der Waals surface area contributed by atoms with Crippen LogP contribution >= 0.6 is 0 Å². The Bertz CT molecular complexity index is 550. The highest BCUT2D eigenvalue weighted by molar-refractivity contribution is 5.66. The molecule has 0 aliphatic rings. The zero-order valence-corrected chi connectivity index (χ0v) is 10.5. The fourth-order valence-electron chi connectivity index (χ4n) is 1.57. The van der Waals surface area contributed by atoms with Crippen LogP contribution in [0.15, 0.2) is 24.3 Å². The second-order valence-corrected chi connectivity index (χ2v) is 3.93. The summed E-state index contributed by atoms with van der Waals surface area (Å²) in [4.78, 5) is 11.8. The molecule has 19 heavy (non-hydrogen) atoms. The minimum absolute atomic E-state index is 0.0966. The Labute approximate surface area is 109 Å². The van der Waals surface area contributed by atoms with Gasteiger partial charge in [0.05, 0.1) is 13.7 Å². The third-order valence-corrected chi connectivity index (χ3v) is 2.55. The number of ether oxygens (including phenoxy) is 1. The van der Waals surface area contributed by atoms with E-state index >= 15 is 0 Å². The summed E-state index contributed by atoms with van der Waals surface area (Å²) in [7, 11) is 1.60. The van der Waals surface area contributed by atoms with Crippen LogP contribution in [0.2, 0.25) is 0 Å². The van der Waals surface area contributed by atoms with Gasteiger partial charge >= 0.3 is 5.97 Å². The van der Waals surface area contributed by atoms with Crippen molar-refractivity contribution >= 4 is 5.97 Å². The largest absolute Gasteiger partial charge is 0.497 e. The van der Waals surface area contributed by atoms with Crippen LogP contribution in [-0.4, -0.2) is 38.4 Å². The van der Waals surface area contributed by atoms with Gasteiger partial charge in [0, 0.05) is 12.0 Å². The molecule has 0 radical (unpaired) electrons. The Morgan fingerprint density at radius 3 is 2.74 bits per heavy atom. The van der Waals surface area contributed by atoms with E-state index in [1.807, 2.05) is 24.3 Å². The van der Waals surface area contributed by atoms with E-state index in [2.05, 4.69) is 15.4 Å². The highest BCUT2D eigenvalue weighted by Gasteiger charge is 2.06. The van der Waals surface area contributed by atoms with E-state index in [0.29, 0.717) is 18.8 Å². The molecule has 1 N–H and O–H groups in total. The zero-order valence-electron chi connectivity index (χ0n) is 10.5. The molecule has 2 aromatic rings. The van der Waals surface area contributed by atoms with Gasteiger partial charge in [-0.3, -0.25) is 4.79 Å². The van der Waals surface area contributed by atoms with Crippen LogP contribution in [0.5, 0.6) is 5.75 Å². The van der Waals surface area contributed by atoms with Gasteiger partial charge in [-0.1, -0.05) is 0 Å². The number of tetrazole rings is 1. The second kappa shape index (κ2) is 5.94. The second-order valence-electron chi connectivity index (χ2n) is 3.93. The van der Waals surface area contributed by atoms with E-state index in [4.69, 9.17) is 9.84 Å². The van der Waals surface area contributed by atoms with Gasteiger partial charge in [-0.2, -0.15) is 4.80 Å². The molecule has 0 amide bonds. The van der Waals surface area contributed by atoms with Crippen molar-refractivity contribution in [2.45, 2.75) is 19.4 Å². The number of carboxylic acid groups (broad SMARTS) is 1. The maximum absolute atomic E-state index is 10.4. The first-order valence-corrected chi connectivity index (χ1v) is 5.83. The average molecular weight is 262 g/mol. The summed E-state index contributed by atoms with van der Waals surface area (Å²) < 4.78 is 5.07. The molecule has 1 aromatic heterocycles. The molecule has 2 rings (SSSR count). The lowest BCUT2D eigenvalue weighted by Crippen LogP contribution is -2.05. The van der Waals surface area contributed by atoms with Crippen molar-refractivity contribution in [1.82, 2.24) is 20.2 Å². The number of benzene rings is 1. The molecule has 100 valence electrons. The maximum atomic E-state index is 10.4. The molecule has 0 saturated carbocycles. The van der Waals surface area contributed by atoms with Gasteiger partial charge in [0.15, 0.2) is 0 Å². The Morgan fingerprint density at radius 1 is 1.37 bits per heavy atom. The van der Waals surface area contributed by atoms with Crippen molar-refractivity contribution in [3.05, 3.63) is 24.3 Å². The smallest absolute Gasteiger partial charge is 0.303 e. The number of aliphatic carboxylic acids is 1. The third-order valence-electron chi connectivity index (χ3n) is 2.55. The first-order chi connectivity index (χ1) is 9.19. The number of methoxy groups -OCH3 is 1.